The Balaban J connectivity index is 0.00000380. The van der Waals surface area contributed by atoms with E-state index < -0.39 is 0 Å². The van der Waals surface area contributed by atoms with Crippen molar-refractivity contribution in [1.82, 2.24) is 5.32 Å². The van der Waals surface area contributed by atoms with Gasteiger partial charge in [0.25, 0.3) is 0 Å². The highest BCUT2D eigenvalue weighted by atomic mass is 79.9. The fourth-order valence-corrected chi connectivity index (χ4v) is 5.40. The maximum atomic E-state index is 13.3. The summed E-state index contributed by atoms with van der Waals surface area (Å²) in [7, 11) is 4.03. The van der Waals surface area contributed by atoms with Gasteiger partial charge in [0.2, 0.25) is 0 Å². The molecule has 1 atom stereocenters. The van der Waals surface area contributed by atoms with Crippen molar-refractivity contribution >= 4 is 45.7 Å². The summed E-state index contributed by atoms with van der Waals surface area (Å²) in [5.41, 5.74) is 7.59. The Morgan fingerprint density at radius 1 is 1.00 bits per heavy atom. The number of nitrogens with one attached hydrogen (secondary N) is 2. The molecule has 3 aromatic carbocycles. The number of anilines is 2. The van der Waals surface area contributed by atoms with Gasteiger partial charge in [-0.05, 0) is 46.2 Å². The lowest BCUT2D eigenvalue weighted by molar-refractivity contribution is 0.251. The van der Waals surface area contributed by atoms with Gasteiger partial charge in [-0.15, -0.1) is 12.4 Å². The summed E-state index contributed by atoms with van der Waals surface area (Å²) >= 11 is 3.69. The number of fused-ring (bicyclic) bond motifs is 2. The Morgan fingerprint density at radius 2 is 1.65 bits per heavy atom. The first kappa shape index (κ1) is 28.9. The summed E-state index contributed by atoms with van der Waals surface area (Å²) in [6, 6.07) is 18.6. The number of nitrogens with zero attached hydrogens (tertiary/aromatic N) is 1. The van der Waals surface area contributed by atoms with Gasteiger partial charge in [0, 0.05) is 42.3 Å². The molecule has 198 valence electrons. The first-order chi connectivity index (χ1) is 17.2. The SMILES string of the molecule is CC(C)c1cccc(C(C)C)c1NC(=O)NCC1c2ccccc2COc2c1cc(Br)cc2N(C)C.Cl. The number of rotatable bonds is 6. The summed E-state index contributed by atoms with van der Waals surface area (Å²) in [6.07, 6.45) is 0. The number of hydrogen-bond donors (Lipinski definition) is 2. The fraction of sp³-hybridized carbons (Fsp3) is 0.367. The van der Waals surface area contributed by atoms with Crippen molar-refractivity contribution in [3.05, 3.63) is 86.9 Å². The molecule has 0 fully saturated rings. The number of urea groups is 1. The zero-order valence-corrected chi connectivity index (χ0v) is 24.8. The number of amides is 2. The van der Waals surface area contributed by atoms with Crippen LogP contribution in [0.2, 0.25) is 0 Å². The molecular formula is C30H37BrClN3O2. The zero-order valence-electron chi connectivity index (χ0n) is 22.4. The minimum atomic E-state index is -0.197. The summed E-state index contributed by atoms with van der Waals surface area (Å²) in [4.78, 5) is 15.3. The highest BCUT2D eigenvalue weighted by Crippen LogP contribution is 2.44. The van der Waals surface area contributed by atoms with Gasteiger partial charge in [0.05, 0.1) is 5.69 Å². The van der Waals surface area contributed by atoms with Crippen molar-refractivity contribution in [3.8, 4) is 5.75 Å². The molecule has 1 aliphatic heterocycles. The monoisotopic (exact) mass is 585 g/mol. The molecule has 4 rings (SSSR count). The Kier molecular flexibility index (Phi) is 9.54. The van der Waals surface area contributed by atoms with E-state index in [0.717, 1.165) is 43.9 Å². The number of hydrogen-bond acceptors (Lipinski definition) is 3. The van der Waals surface area contributed by atoms with E-state index in [9.17, 15) is 4.79 Å². The summed E-state index contributed by atoms with van der Waals surface area (Å²) < 4.78 is 7.33. The predicted molar refractivity (Wildman–Crippen MR) is 160 cm³/mol. The molecule has 1 heterocycles. The lowest BCUT2D eigenvalue weighted by atomic mass is 9.88. The van der Waals surface area contributed by atoms with Gasteiger partial charge >= 0.3 is 6.03 Å². The molecule has 1 aliphatic rings. The molecular weight excluding hydrogens is 550 g/mol. The molecule has 2 N–H and O–H groups in total. The second kappa shape index (κ2) is 12.2. The van der Waals surface area contributed by atoms with E-state index in [0.29, 0.717) is 25.0 Å². The normalized spacial score (nSPS) is 14.1. The summed E-state index contributed by atoms with van der Waals surface area (Å²) in [5, 5.41) is 6.36. The zero-order chi connectivity index (χ0) is 26.0. The van der Waals surface area contributed by atoms with Crippen LogP contribution in [-0.4, -0.2) is 26.7 Å². The van der Waals surface area contributed by atoms with Crippen LogP contribution in [0.15, 0.2) is 59.1 Å². The molecule has 0 spiro atoms. The maximum Gasteiger partial charge on any atom is 0.319 e. The first-order valence-corrected chi connectivity index (χ1v) is 13.4. The smallest absolute Gasteiger partial charge is 0.319 e. The van der Waals surface area contributed by atoms with Crippen molar-refractivity contribution in [2.24, 2.45) is 0 Å². The predicted octanol–water partition coefficient (Wildman–Crippen LogP) is 8.03. The van der Waals surface area contributed by atoms with E-state index in [1.807, 2.05) is 20.2 Å². The average Bonchev–Trinajstić information content (AvgIpc) is 2.98. The highest BCUT2D eigenvalue weighted by molar-refractivity contribution is 9.10. The van der Waals surface area contributed by atoms with Crippen molar-refractivity contribution in [2.45, 2.75) is 52.1 Å². The van der Waals surface area contributed by atoms with Crippen LogP contribution in [0.25, 0.3) is 0 Å². The molecule has 37 heavy (non-hydrogen) atoms. The second-order valence-electron chi connectivity index (χ2n) is 10.2. The van der Waals surface area contributed by atoms with E-state index in [1.54, 1.807) is 0 Å². The fourth-order valence-electron chi connectivity index (χ4n) is 4.94. The Hall–Kier alpha value is -2.70. The molecule has 7 heteroatoms. The maximum absolute atomic E-state index is 13.3. The van der Waals surface area contributed by atoms with Crippen molar-refractivity contribution in [1.29, 1.82) is 0 Å². The van der Waals surface area contributed by atoms with Crippen molar-refractivity contribution in [3.63, 3.8) is 0 Å². The molecule has 2 amide bonds. The quantitative estimate of drug-likeness (QED) is 0.307. The first-order valence-electron chi connectivity index (χ1n) is 12.6. The molecule has 0 radical (unpaired) electrons. The van der Waals surface area contributed by atoms with E-state index in [4.69, 9.17) is 4.74 Å². The third-order valence-electron chi connectivity index (χ3n) is 6.80. The molecule has 0 aliphatic carbocycles. The van der Waals surface area contributed by atoms with Crippen LogP contribution in [0.4, 0.5) is 16.2 Å². The highest BCUT2D eigenvalue weighted by Gasteiger charge is 2.28. The lowest BCUT2D eigenvalue weighted by Crippen LogP contribution is -2.33. The van der Waals surface area contributed by atoms with Crippen LogP contribution in [0.1, 0.15) is 73.3 Å². The third-order valence-corrected chi connectivity index (χ3v) is 7.26. The van der Waals surface area contributed by atoms with Gasteiger partial charge in [-0.2, -0.15) is 0 Å². The van der Waals surface area contributed by atoms with E-state index in [-0.39, 0.29) is 24.4 Å². The lowest BCUT2D eigenvalue weighted by Gasteiger charge is -2.24. The molecule has 0 saturated carbocycles. The summed E-state index contributed by atoms with van der Waals surface area (Å²) in [6.45, 7) is 9.56. The Morgan fingerprint density at radius 3 is 2.27 bits per heavy atom. The molecule has 0 bridgehead atoms. The third kappa shape index (κ3) is 6.24. The van der Waals surface area contributed by atoms with Crippen LogP contribution >= 0.6 is 28.3 Å². The number of carbonyl (C=O) groups excluding carboxylic acids is 1. The summed E-state index contributed by atoms with van der Waals surface area (Å²) in [5.74, 6) is 1.42. The molecule has 5 nitrogen and oxygen atoms in total. The molecule has 3 aromatic rings. The molecule has 1 unspecified atom stereocenters. The number of benzene rings is 3. The number of para-hydroxylation sites is 1. The molecule has 0 aromatic heterocycles. The van der Waals surface area contributed by atoms with Crippen LogP contribution < -0.4 is 20.3 Å². The van der Waals surface area contributed by atoms with E-state index >= 15 is 0 Å². The number of halogens is 2. The van der Waals surface area contributed by atoms with Crippen molar-refractivity contribution in [2.75, 3.05) is 30.9 Å². The average molecular weight is 587 g/mol. The van der Waals surface area contributed by atoms with Crippen LogP contribution in [-0.2, 0) is 6.61 Å². The standard InChI is InChI=1S/C30H36BrN3O2.ClH/c1-18(2)22-12-9-13-23(19(3)4)28(22)33-30(35)32-16-26-24-11-8-7-10-20(24)17-36-29-25(26)14-21(31)15-27(29)34(5)6;/h7-15,18-19,26H,16-17H2,1-6H3,(H2,32,33,35);1H. The topological polar surface area (TPSA) is 53.6 Å². The van der Waals surface area contributed by atoms with E-state index in [2.05, 4.69) is 108 Å². The Bertz CT molecular complexity index is 1230. The van der Waals surface area contributed by atoms with Gasteiger partial charge in [0.15, 0.2) is 0 Å². The minimum absolute atomic E-state index is 0. The Labute approximate surface area is 235 Å². The number of carbonyl (C=O) groups is 1. The molecule has 0 saturated heterocycles. The van der Waals surface area contributed by atoms with Gasteiger partial charge < -0.3 is 20.3 Å². The van der Waals surface area contributed by atoms with Crippen molar-refractivity contribution < 1.29 is 9.53 Å². The van der Waals surface area contributed by atoms with E-state index in [1.165, 1.54) is 5.56 Å². The largest absolute Gasteiger partial charge is 0.486 e. The van der Waals surface area contributed by atoms with Crippen LogP contribution in [0.5, 0.6) is 5.75 Å². The van der Waals surface area contributed by atoms with Gasteiger partial charge in [-0.25, -0.2) is 4.79 Å². The van der Waals surface area contributed by atoms with Gasteiger partial charge in [0.1, 0.15) is 12.4 Å². The van der Waals surface area contributed by atoms with Gasteiger partial charge in [-0.3, -0.25) is 0 Å². The second-order valence-corrected chi connectivity index (χ2v) is 11.1. The van der Waals surface area contributed by atoms with Crippen LogP contribution in [0, 0.1) is 0 Å². The number of ether oxygens (including phenoxy) is 1. The van der Waals surface area contributed by atoms with Crippen LogP contribution in [0.3, 0.4) is 0 Å². The van der Waals surface area contributed by atoms with Gasteiger partial charge in [-0.1, -0.05) is 86.1 Å². The minimum Gasteiger partial charge on any atom is -0.486 e.